The number of thioether (sulfide) groups is 1. The number of nitrogens with one attached hydrogen (secondary N) is 1. The minimum atomic E-state index is -0.404. The molecule has 98 valence electrons. The topological polar surface area (TPSA) is 66.5 Å². The Morgan fingerprint density at radius 2 is 2.28 bits per heavy atom. The Hall–Kier alpha value is -1.06. The molecule has 1 atom stereocenters. The minimum Gasteiger partial charge on any atom is -0.309 e. The van der Waals surface area contributed by atoms with Crippen LogP contribution in [-0.4, -0.2) is 32.6 Å². The molecule has 1 aromatic rings. The number of aromatic nitrogens is 3. The summed E-state index contributed by atoms with van der Waals surface area (Å²) in [4.78, 5) is 0. The Balaban J connectivity index is 2.06. The fourth-order valence-electron chi connectivity index (χ4n) is 2.06. The van der Waals surface area contributed by atoms with Gasteiger partial charge in [-0.2, -0.15) is 5.26 Å². The molecule has 1 aliphatic carbocycles. The monoisotopic (exact) mass is 265 g/mol. The van der Waals surface area contributed by atoms with E-state index in [1.165, 1.54) is 0 Å². The maximum absolute atomic E-state index is 9.50. The van der Waals surface area contributed by atoms with Crippen LogP contribution in [-0.2, 0) is 7.05 Å². The lowest BCUT2D eigenvalue weighted by Gasteiger charge is -2.26. The van der Waals surface area contributed by atoms with Gasteiger partial charge >= 0.3 is 0 Å². The van der Waals surface area contributed by atoms with Crippen molar-refractivity contribution >= 4 is 11.8 Å². The largest absolute Gasteiger partial charge is 0.309 e. The lowest BCUT2D eigenvalue weighted by Crippen LogP contribution is -2.48. The highest BCUT2D eigenvalue weighted by Gasteiger charge is 2.45. The van der Waals surface area contributed by atoms with Gasteiger partial charge in [0, 0.05) is 12.8 Å². The van der Waals surface area contributed by atoms with E-state index in [0.717, 1.165) is 36.1 Å². The Morgan fingerprint density at radius 3 is 2.72 bits per heavy atom. The molecule has 0 bridgehead atoms. The summed E-state index contributed by atoms with van der Waals surface area (Å²) in [6.45, 7) is 4.80. The van der Waals surface area contributed by atoms with E-state index in [1.54, 1.807) is 11.8 Å². The van der Waals surface area contributed by atoms with Crippen LogP contribution >= 0.6 is 11.8 Å². The van der Waals surface area contributed by atoms with E-state index in [-0.39, 0.29) is 0 Å². The van der Waals surface area contributed by atoms with E-state index >= 15 is 0 Å². The number of rotatable bonds is 6. The smallest absolute Gasteiger partial charge is 0.191 e. The lowest BCUT2D eigenvalue weighted by atomic mass is 9.98. The molecular weight excluding hydrogens is 246 g/mol. The second-order valence-electron chi connectivity index (χ2n) is 4.77. The summed E-state index contributed by atoms with van der Waals surface area (Å²) in [5.41, 5.74) is -0.404. The molecule has 1 fully saturated rings. The van der Waals surface area contributed by atoms with Gasteiger partial charge in [0.1, 0.15) is 11.4 Å². The van der Waals surface area contributed by atoms with Gasteiger partial charge in [-0.15, -0.1) is 10.2 Å². The standard InChI is InChI=1S/C12H19N5S/c1-4-14-12(7-13,10-5-6-10)8-18-11-16-15-9(2)17(11)3/h10,14H,4-6,8H2,1-3H3. The average molecular weight is 265 g/mol. The molecule has 1 saturated carbocycles. The normalized spacial score (nSPS) is 18.3. The number of hydrogen-bond acceptors (Lipinski definition) is 5. The van der Waals surface area contributed by atoms with Gasteiger partial charge in [-0.1, -0.05) is 18.7 Å². The van der Waals surface area contributed by atoms with Crippen LogP contribution in [0.3, 0.4) is 0 Å². The Bertz CT molecular complexity index is 460. The summed E-state index contributed by atoms with van der Waals surface area (Å²) in [5, 5.41) is 21.9. The molecule has 1 aromatic heterocycles. The van der Waals surface area contributed by atoms with Crippen LogP contribution in [0.4, 0.5) is 0 Å². The van der Waals surface area contributed by atoms with E-state index in [4.69, 9.17) is 0 Å². The number of aryl methyl sites for hydroxylation is 1. The second kappa shape index (κ2) is 5.29. The highest BCUT2D eigenvalue weighted by molar-refractivity contribution is 7.99. The zero-order valence-corrected chi connectivity index (χ0v) is 11.9. The van der Waals surface area contributed by atoms with E-state index in [0.29, 0.717) is 5.92 Å². The van der Waals surface area contributed by atoms with Crippen molar-refractivity contribution in [3.8, 4) is 6.07 Å². The summed E-state index contributed by atoms with van der Waals surface area (Å²) >= 11 is 1.61. The molecule has 0 saturated heterocycles. The molecule has 0 spiro atoms. The van der Waals surface area contributed by atoms with E-state index in [1.807, 2.05) is 25.5 Å². The third kappa shape index (κ3) is 2.52. The number of hydrogen-bond donors (Lipinski definition) is 1. The zero-order chi connectivity index (χ0) is 13.2. The molecule has 0 amide bonds. The van der Waals surface area contributed by atoms with Crippen LogP contribution < -0.4 is 5.32 Å². The molecule has 18 heavy (non-hydrogen) atoms. The first-order chi connectivity index (χ1) is 8.63. The van der Waals surface area contributed by atoms with Crippen LogP contribution in [0.1, 0.15) is 25.6 Å². The van der Waals surface area contributed by atoms with Gasteiger partial charge in [0.05, 0.1) is 6.07 Å². The first kappa shape index (κ1) is 13.4. The summed E-state index contributed by atoms with van der Waals surface area (Å²) in [5.74, 6) is 2.12. The molecule has 1 N–H and O–H groups in total. The number of nitriles is 1. The molecule has 6 heteroatoms. The van der Waals surface area contributed by atoms with Crippen LogP contribution in [0.15, 0.2) is 5.16 Å². The van der Waals surface area contributed by atoms with Crippen molar-refractivity contribution in [3.05, 3.63) is 5.82 Å². The summed E-state index contributed by atoms with van der Waals surface area (Å²) < 4.78 is 1.96. The van der Waals surface area contributed by atoms with E-state index in [2.05, 4.69) is 21.6 Å². The molecule has 1 unspecified atom stereocenters. The quantitative estimate of drug-likeness (QED) is 0.790. The third-order valence-electron chi connectivity index (χ3n) is 3.45. The van der Waals surface area contributed by atoms with Gasteiger partial charge < -0.3 is 4.57 Å². The van der Waals surface area contributed by atoms with Crippen LogP contribution in [0.2, 0.25) is 0 Å². The van der Waals surface area contributed by atoms with Crippen molar-refractivity contribution < 1.29 is 0 Å². The average Bonchev–Trinajstić information content (AvgIpc) is 3.16. The Labute approximate surface area is 112 Å². The van der Waals surface area contributed by atoms with Crippen LogP contribution in [0.25, 0.3) is 0 Å². The molecular formula is C12H19N5S. The van der Waals surface area contributed by atoms with Crippen LogP contribution in [0.5, 0.6) is 0 Å². The fraction of sp³-hybridized carbons (Fsp3) is 0.750. The van der Waals surface area contributed by atoms with Crippen molar-refractivity contribution in [2.75, 3.05) is 12.3 Å². The molecule has 5 nitrogen and oxygen atoms in total. The maximum Gasteiger partial charge on any atom is 0.191 e. The summed E-state index contributed by atoms with van der Waals surface area (Å²) in [6.07, 6.45) is 2.30. The number of nitrogens with zero attached hydrogens (tertiary/aromatic N) is 4. The fourth-order valence-corrected chi connectivity index (χ4v) is 3.24. The molecule has 0 radical (unpaired) electrons. The molecule has 1 heterocycles. The Kier molecular flexibility index (Phi) is 3.93. The second-order valence-corrected chi connectivity index (χ2v) is 5.71. The van der Waals surface area contributed by atoms with Gasteiger partial charge in [0.25, 0.3) is 0 Å². The van der Waals surface area contributed by atoms with Crippen molar-refractivity contribution in [2.45, 2.75) is 37.4 Å². The van der Waals surface area contributed by atoms with Gasteiger partial charge in [-0.05, 0) is 32.2 Å². The van der Waals surface area contributed by atoms with Crippen molar-refractivity contribution in [1.29, 1.82) is 5.26 Å². The minimum absolute atomic E-state index is 0.404. The van der Waals surface area contributed by atoms with Gasteiger partial charge in [0.2, 0.25) is 0 Å². The predicted octanol–water partition coefficient (Wildman–Crippen LogP) is 1.50. The SMILES string of the molecule is CCNC(C#N)(CSc1nnc(C)n1C)C1CC1. The molecule has 0 aromatic carbocycles. The lowest BCUT2D eigenvalue weighted by molar-refractivity contribution is 0.415. The van der Waals surface area contributed by atoms with Crippen molar-refractivity contribution in [2.24, 2.45) is 13.0 Å². The predicted molar refractivity (Wildman–Crippen MR) is 71.2 cm³/mol. The molecule has 1 aliphatic rings. The zero-order valence-electron chi connectivity index (χ0n) is 11.1. The molecule has 2 rings (SSSR count). The third-order valence-corrected chi connectivity index (χ3v) is 4.66. The summed E-state index contributed by atoms with van der Waals surface area (Å²) in [7, 11) is 1.95. The summed E-state index contributed by atoms with van der Waals surface area (Å²) in [6, 6.07) is 2.49. The van der Waals surface area contributed by atoms with E-state index in [9.17, 15) is 5.26 Å². The molecule has 0 aliphatic heterocycles. The van der Waals surface area contributed by atoms with Gasteiger partial charge in [0.15, 0.2) is 5.16 Å². The highest BCUT2D eigenvalue weighted by Crippen LogP contribution is 2.41. The maximum atomic E-state index is 9.50. The van der Waals surface area contributed by atoms with Gasteiger partial charge in [-0.25, -0.2) is 0 Å². The first-order valence-electron chi connectivity index (χ1n) is 6.28. The van der Waals surface area contributed by atoms with Gasteiger partial charge in [-0.3, -0.25) is 5.32 Å². The van der Waals surface area contributed by atoms with Crippen molar-refractivity contribution in [3.63, 3.8) is 0 Å². The van der Waals surface area contributed by atoms with E-state index < -0.39 is 5.54 Å². The first-order valence-corrected chi connectivity index (χ1v) is 7.26. The van der Waals surface area contributed by atoms with Crippen LogP contribution in [0, 0.1) is 24.2 Å². The van der Waals surface area contributed by atoms with Crippen molar-refractivity contribution in [1.82, 2.24) is 20.1 Å². The highest BCUT2D eigenvalue weighted by atomic mass is 32.2. The Morgan fingerprint density at radius 1 is 1.56 bits per heavy atom.